The minimum atomic E-state index is -4.11. The third-order valence-corrected chi connectivity index (χ3v) is 2.10. The van der Waals surface area contributed by atoms with Gasteiger partial charge in [0.1, 0.15) is 6.04 Å². The molecule has 2 nitrogen and oxygen atoms in total. The first kappa shape index (κ1) is 9.80. The molecule has 0 radical (unpaired) electrons. The van der Waals surface area contributed by atoms with Crippen molar-refractivity contribution in [2.24, 2.45) is 0 Å². The van der Waals surface area contributed by atoms with E-state index in [-0.39, 0.29) is 12.5 Å². The lowest BCUT2D eigenvalue weighted by Gasteiger charge is -2.30. The first-order valence-corrected chi connectivity index (χ1v) is 3.87. The fourth-order valence-corrected chi connectivity index (χ4v) is 1.31. The maximum Gasteiger partial charge on any atom is 0.403 e. The van der Waals surface area contributed by atoms with Crippen LogP contribution in [0.1, 0.15) is 12.8 Å². The van der Waals surface area contributed by atoms with Gasteiger partial charge in [0.25, 0.3) is 0 Å². The molecule has 0 aromatic carbocycles. The first-order chi connectivity index (χ1) is 5.54. The molecule has 0 bridgehead atoms. The van der Waals surface area contributed by atoms with Gasteiger partial charge in [-0.3, -0.25) is 0 Å². The number of hydrogen-bond acceptors (Lipinski definition) is 2. The van der Waals surface area contributed by atoms with Crippen LogP contribution >= 0.6 is 0 Å². The van der Waals surface area contributed by atoms with Crippen LogP contribution in [0.15, 0.2) is 0 Å². The van der Waals surface area contributed by atoms with Crippen LogP contribution in [-0.4, -0.2) is 32.0 Å². The van der Waals surface area contributed by atoms with Gasteiger partial charge in [0.2, 0.25) is 0 Å². The molecule has 1 rings (SSSR count). The average molecular weight is 183 g/mol. The van der Waals surface area contributed by atoms with Crippen molar-refractivity contribution in [1.29, 1.82) is 0 Å². The number of nitrogens with one attached hydrogen (secondary N) is 1. The number of hydrogen-bond donors (Lipinski definition) is 1. The number of piperidine rings is 1. The predicted octanol–water partition coefficient (Wildman–Crippen LogP) is 1.32. The molecule has 1 N–H and O–H groups in total. The van der Waals surface area contributed by atoms with Gasteiger partial charge in [-0.2, -0.15) is 13.2 Å². The summed E-state index contributed by atoms with van der Waals surface area (Å²) in [4.78, 5) is 0. The molecule has 0 aliphatic carbocycles. The lowest BCUT2D eigenvalue weighted by molar-refractivity contribution is -0.164. The molecule has 2 unspecified atom stereocenters. The lowest BCUT2D eigenvalue weighted by Crippen LogP contribution is -2.49. The predicted molar refractivity (Wildman–Crippen MR) is 37.9 cm³/mol. The fraction of sp³-hybridized carbons (Fsp3) is 1.00. The van der Waals surface area contributed by atoms with E-state index in [4.69, 9.17) is 4.74 Å². The first-order valence-electron chi connectivity index (χ1n) is 3.87. The third-order valence-electron chi connectivity index (χ3n) is 2.10. The summed E-state index contributed by atoms with van der Waals surface area (Å²) in [6, 6.07) is -1.34. The van der Waals surface area contributed by atoms with Crippen molar-refractivity contribution in [3.05, 3.63) is 0 Å². The largest absolute Gasteiger partial charge is 0.403 e. The Hall–Kier alpha value is -0.290. The Morgan fingerprint density at radius 1 is 1.33 bits per heavy atom. The number of rotatable bonds is 1. The topological polar surface area (TPSA) is 21.3 Å². The van der Waals surface area contributed by atoms with Crippen LogP contribution in [0.2, 0.25) is 0 Å². The van der Waals surface area contributed by atoms with Crippen molar-refractivity contribution >= 4 is 0 Å². The van der Waals surface area contributed by atoms with Gasteiger partial charge in [0.05, 0.1) is 6.10 Å². The highest BCUT2D eigenvalue weighted by molar-refractivity contribution is 4.82. The molecule has 2 atom stereocenters. The SMILES string of the molecule is COC1CCC(C(F)(F)F)NC1. The van der Waals surface area contributed by atoms with Crippen molar-refractivity contribution in [2.45, 2.75) is 31.2 Å². The van der Waals surface area contributed by atoms with Gasteiger partial charge in [0, 0.05) is 13.7 Å². The summed E-state index contributed by atoms with van der Waals surface area (Å²) in [6.45, 7) is 0.292. The number of halogens is 3. The molecule has 0 saturated carbocycles. The second kappa shape index (κ2) is 3.62. The van der Waals surface area contributed by atoms with Crippen LogP contribution < -0.4 is 5.32 Å². The maximum atomic E-state index is 12.1. The van der Waals surface area contributed by atoms with Gasteiger partial charge in [-0.05, 0) is 12.8 Å². The van der Waals surface area contributed by atoms with Gasteiger partial charge >= 0.3 is 6.18 Å². The molecule has 1 heterocycles. The van der Waals surface area contributed by atoms with Crippen LogP contribution in [0.3, 0.4) is 0 Å². The number of ether oxygens (including phenoxy) is 1. The molecular weight excluding hydrogens is 171 g/mol. The zero-order chi connectivity index (χ0) is 9.19. The Kier molecular flexibility index (Phi) is 2.95. The van der Waals surface area contributed by atoms with E-state index < -0.39 is 12.2 Å². The summed E-state index contributed by atoms with van der Waals surface area (Å²) in [6.07, 6.45) is -3.59. The molecule has 72 valence electrons. The van der Waals surface area contributed by atoms with Gasteiger partial charge in [-0.25, -0.2) is 0 Å². The second-order valence-electron chi connectivity index (χ2n) is 2.94. The van der Waals surface area contributed by atoms with Crippen LogP contribution in [0.4, 0.5) is 13.2 Å². The highest BCUT2D eigenvalue weighted by atomic mass is 19.4. The second-order valence-corrected chi connectivity index (χ2v) is 2.94. The molecular formula is C7H12F3NO. The molecule has 1 fully saturated rings. The van der Waals surface area contributed by atoms with Crippen molar-refractivity contribution in [2.75, 3.05) is 13.7 Å². The van der Waals surface area contributed by atoms with Crippen LogP contribution in [-0.2, 0) is 4.74 Å². The number of methoxy groups -OCH3 is 1. The summed E-state index contributed by atoms with van der Waals surface area (Å²) in [5, 5.41) is 2.41. The van der Waals surface area contributed by atoms with E-state index in [0.717, 1.165) is 0 Å². The summed E-state index contributed by atoms with van der Waals surface area (Å²) in [5.41, 5.74) is 0. The quantitative estimate of drug-likeness (QED) is 0.661. The summed E-state index contributed by atoms with van der Waals surface area (Å²) >= 11 is 0. The lowest BCUT2D eigenvalue weighted by atomic mass is 10.0. The molecule has 0 spiro atoms. The van der Waals surface area contributed by atoms with E-state index in [1.165, 1.54) is 7.11 Å². The van der Waals surface area contributed by atoms with E-state index in [9.17, 15) is 13.2 Å². The fourth-order valence-electron chi connectivity index (χ4n) is 1.31. The van der Waals surface area contributed by atoms with E-state index in [1.807, 2.05) is 0 Å². The van der Waals surface area contributed by atoms with E-state index in [0.29, 0.717) is 13.0 Å². The van der Waals surface area contributed by atoms with Crippen molar-refractivity contribution < 1.29 is 17.9 Å². The normalized spacial score (nSPS) is 32.0. The van der Waals surface area contributed by atoms with E-state index >= 15 is 0 Å². The minimum Gasteiger partial charge on any atom is -0.380 e. The third kappa shape index (κ3) is 2.35. The minimum absolute atomic E-state index is 0.0661. The summed E-state index contributed by atoms with van der Waals surface area (Å²) in [7, 11) is 1.51. The maximum absolute atomic E-state index is 12.1. The van der Waals surface area contributed by atoms with Gasteiger partial charge in [0.15, 0.2) is 0 Å². The van der Waals surface area contributed by atoms with Crippen molar-refractivity contribution in [1.82, 2.24) is 5.32 Å². The van der Waals surface area contributed by atoms with Gasteiger partial charge in [-0.15, -0.1) is 0 Å². The van der Waals surface area contributed by atoms with Crippen LogP contribution in [0.25, 0.3) is 0 Å². The molecule has 0 aromatic rings. The monoisotopic (exact) mass is 183 g/mol. The number of alkyl halides is 3. The Bertz CT molecular complexity index is 140. The Labute approximate surface area is 69.1 Å². The van der Waals surface area contributed by atoms with Crippen molar-refractivity contribution in [3.63, 3.8) is 0 Å². The smallest absolute Gasteiger partial charge is 0.380 e. The molecule has 5 heteroatoms. The molecule has 1 saturated heterocycles. The molecule has 1 aliphatic heterocycles. The average Bonchev–Trinajstić information content (AvgIpc) is 2.03. The van der Waals surface area contributed by atoms with Gasteiger partial charge in [-0.1, -0.05) is 0 Å². The zero-order valence-electron chi connectivity index (χ0n) is 6.82. The zero-order valence-corrected chi connectivity index (χ0v) is 6.82. The molecule has 1 aliphatic rings. The Morgan fingerprint density at radius 3 is 2.33 bits per heavy atom. The summed E-state index contributed by atoms with van der Waals surface area (Å²) in [5.74, 6) is 0. The van der Waals surface area contributed by atoms with Crippen molar-refractivity contribution in [3.8, 4) is 0 Å². The highest BCUT2D eigenvalue weighted by Crippen LogP contribution is 2.26. The van der Waals surface area contributed by atoms with Crippen LogP contribution in [0, 0.1) is 0 Å². The standard InChI is InChI=1S/C7H12F3NO/c1-12-5-2-3-6(11-4-5)7(8,9)10/h5-6,11H,2-4H2,1H3. The molecule has 12 heavy (non-hydrogen) atoms. The Morgan fingerprint density at radius 2 is 2.00 bits per heavy atom. The summed E-state index contributed by atoms with van der Waals surface area (Å²) < 4.78 is 41.1. The molecule has 0 amide bonds. The van der Waals surface area contributed by atoms with Crippen LogP contribution in [0.5, 0.6) is 0 Å². The Balaban J connectivity index is 2.36. The van der Waals surface area contributed by atoms with Gasteiger partial charge < -0.3 is 10.1 Å². The molecule has 0 aromatic heterocycles. The highest BCUT2D eigenvalue weighted by Gasteiger charge is 2.41. The van der Waals surface area contributed by atoms with E-state index in [1.54, 1.807) is 0 Å². The van der Waals surface area contributed by atoms with E-state index in [2.05, 4.69) is 5.32 Å².